The molecule has 0 unspecified atom stereocenters. The van der Waals surface area contributed by atoms with Crippen molar-refractivity contribution in [3.8, 4) is 0 Å². The number of hydrogen-bond donors (Lipinski definition) is 2. The van der Waals surface area contributed by atoms with E-state index in [0.717, 1.165) is 19.5 Å². The fourth-order valence-corrected chi connectivity index (χ4v) is 0.623. The lowest BCUT2D eigenvalue weighted by atomic mass is 10.2. The number of rotatable bonds is 7. The third kappa shape index (κ3) is 7.66. The van der Waals surface area contributed by atoms with Gasteiger partial charge in [-0.3, -0.25) is 10.9 Å². The average molecular weight is 141 g/mol. The van der Waals surface area contributed by atoms with Crippen LogP contribution in [0.1, 0.15) is 19.3 Å². The first-order valence-corrected chi connectivity index (χ1v) is 3.77. The van der Waals surface area contributed by atoms with Crippen molar-refractivity contribution in [1.29, 1.82) is 0 Å². The summed E-state index contributed by atoms with van der Waals surface area (Å²) in [5.41, 5.74) is 6.08. The van der Waals surface area contributed by atoms with Crippen LogP contribution in [0.2, 0.25) is 0 Å². The van der Waals surface area contributed by atoms with Crippen molar-refractivity contribution in [2.75, 3.05) is 13.1 Å². The molecule has 0 saturated heterocycles. The molecule has 0 aromatic carbocycles. The monoisotopic (exact) mass is 141 g/mol. The third-order valence-corrected chi connectivity index (χ3v) is 1.17. The molecule has 1 radical (unpaired) electrons. The highest BCUT2D eigenvalue weighted by atomic mass is 15.3. The molecule has 0 amide bonds. The Hall–Kier alpha value is -0.340. The van der Waals surface area contributed by atoms with Crippen LogP contribution in [-0.4, -0.2) is 13.1 Å². The molecule has 0 atom stereocenters. The Morgan fingerprint density at radius 2 is 2.00 bits per heavy atom. The first-order valence-electron chi connectivity index (χ1n) is 3.77. The SMILES string of the molecule is [CH2]CCCCNNCC=C. The van der Waals surface area contributed by atoms with E-state index in [1.165, 1.54) is 12.8 Å². The Labute approximate surface area is 63.7 Å². The van der Waals surface area contributed by atoms with Crippen LogP contribution in [0.4, 0.5) is 0 Å². The van der Waals surface area contributed by atoms with Gasteiger partial charge in [0.25, 0.3) is 0 Å². The molecular formula is C8H17N2. The molecule has 0 aliphatic rings. The first kappa shape index (κ1) is 9.66. The number of nitrogens with one attached hydrogen (secondary N) is 2. The van der Waals surface area contributed by atoms with Gasteiger partial charge in [0.2, 0.25) is 0 Å². The molecule has 0 heterocycles. The normalized spacial score (nSPS) is 9.70. The van der Waals surface area contributed by atoms with Gasteiger partial charge in [0.15, 0.2) is 0 Å². The average Bonchev–Trinajstić information content (AvgIpc) is 1.97. The molecule has 0 aliphatic carbocycles. The Bertz CT molecular complexity index is 71.7. The maximum absolute atomic E-state index is 3.76. The molecule has 59 valence electrons. The van der Waals surface area contributed by atoms with Crippen molar-refractivity contribution < 1.29 is 0 Å². The standard InChI is InChI=1S/C8H17N2/c1-3-5-6-8-10-9-7-4-2/h4,9-10H,1-3,5-8H2. The van der Waals surface area contributed by atoms with Gasteiger partial charge in [-0.25, -0.2) is 0 Å². The molecule has 0 saturated carbocycles. The lowest BCUT2D eigenvalue weighted by molar-refractivity contribution is 0.541. The molecule has 0 rings (SSSR count). The van der Waals surface area contributed by atoms with Gasteiger partial charge in [-0.05, 0) is 6.42 Å². The summed E-state index contributed by atoms with van der Waals surface area (Å²) in [6.45, 7) is 9.18. The summed E-state index contributed by atoms with van der Waals surface area (Å²) in [4.78, 5) is 0. The molecule has 0 spiro atoms. The van der Waals surface area contributed by atoms with Crippen LogP contribution in [0.25, 0.3) is 0 Å². The zero-order chi connectivity index (χ0) is 7.66. The molecular weight excluding hydrogens is 124 g/mol. The van der Waals surface area contributed by atoms with Crippen LogP contribution in [-0.2, 0) is 0 Å². The van der Waals surface area contributed by atoms with E-state index in [-0.39, 0.29) is 0 Å². The zero-order valence-electron chi connectivity index (χ0n) is 6.53. The third-order valence-electron chi connectivity index (χ3n) is 1.17. The van der Waals surface area contributed by atoms with E-state index < -0.39 is 0 Å². The van der Waals surface area contributed by atoms with Gasteiger partial charge >= 0.3 is 0 Å². The molecule has 2 nitrogen and oxygen atoms in total. The molecule has 0 aliphatic heterocycles. The molecule has 2 heteroatoms. The van der Waals surface area contributed by atoms with Crippen LogP contribution < -0.4 is 10.9 Å². The van der Waals surface area contributed by atoms with E-state index in [4.69, 9.17) is 0 Å². The molecule has 2 N–H and O–H groups in total. The number of unbranched alkanes of at least 4 members (excludes halogenated alkanes) is 2. The zero-order valence-corrected chi connectivity index (χ0v) is 6.53. The Kier molecular flexibility index (Phi) is 8.37. The Balaban J connectivity index is 2.70. The second-order valence-electron chi connectivity index (χ2n) is 2.16. The van der Waals surface area contributed by atoms with E-state index in [9.17, 15) is 0 Å². The van der Waals surface area contributed by atoms with Crippen molar-refractivity contribution in [3.63, 3.8) is 0 Å². The molecule has 10 heavy (non-hydrogen) atoms. The van der Waals surface area contributed by atoms with Crippen LogP contribution in [0.5, 0.6) is 0 Å². The minimum absolute atomic E-state index is 0.824. The van der Waals surface area contributed by atoms with E-state index in [0.29, 0.717) is 0 Å². The largest absolute Gasteiger partial charge is 0.258 e. The Morgan fingerprint density at radius 1 is 1.20 bits per heavy atom. The van der Waals surface area contributed by atoms with Crippen molar-refractivity contribution in [3.05, 3.63) is 19.6 Å². The fraction of sp³-hybridized carbons (Fsp3) is 0.625. The summed E-state index contributed by atoms with van der Waals surface area (Å²) < 4.78 is 0. The predicted molar refractivity (Wildman–Crippen MR) is 45.4 cm³/mol. The van der Waals surface area contributed by atoms with Gasteiger partial charge in [0.05, 0.1) is 0 Å². The van der Waals surface area contributed by atoms with Gasteiger partial charge in [-0.2, -0.15) is 0 Å². The lowest BCUT2D eigenvalue weighted by Gasteiger charge is -2.02. The van der Waals surface area contributed by atoms with Crippen LogP contribution in [0.3, 0.4) is 0 Å². The molecule has 0 aromatic rings. The minimum Gasteiger partial charge on any atom is -0.258 e. The maximum atomic E-state index is 3.76. The minimum atomic E-state index is 0.824. The van der Waals surface area contributed by atoms with Crippen LogP contribution >= 0.6 is 0 Å². The summed E-state index contributed by atoms with van der Waals surface area (Å²) in [5.74, 6) is 0. The topological polar surface area (TPSA) is 24.1 Å². The molecule has 0 bridgehead atoms. The molecule has 0 aromatic heterocycles. The van der Waals surface area contributed by atoms with Gasteiger partial charge < -0.3 is 0 Å². The van der Waals surface area contributed by atoms with E-state index in [1.807, 2.05) is 6.08 Å². The number of hydrazine groups is 1. The molecule has 0 fully saturated rings. The van der Waals surface area contributed by atoms with E-state index in [2.05, 4.69) is 24.4 Å². The van der Waals surface area contributed by atoms with Crippen molar-refractivity contribution >= 4 is 0 Å². The van der Waals surface area contributed by atoms with Crippen LogP contribution in [0, 0.1) is 6.92 Å². The smallest absolute Gasteiger partial charge is 0.0278 e. The first-order chi connectivity index (χ1) is 4.91. The highest BCUT2D eigenvalue weighted by Gasteiger charge is 1.83. The lowest BCUT2D eigenvalue weighted by Crippen LogP contribution is -2.32. The van der Waals surface area contributed by atoms with E-state index in [1.54, 1.807) is 0 Å². The summed E-state index contributed by atoms with van der Waals surface area (Å²) >= 11 is 0. The van der Waals surface area contributed by atoms with Gasteiger partial charge in [-0.1, -0.05) is 25.8 Å². The van der Waals surface area contributed by atoms with Gasteiger partial charge in [0.1, 0.15) is 0 Å². The second kappa shape index (κ2) is 8.66. The summed E-state index contributed by atoms with van der Waals surface area (Å²) in [6.07, 6.45) is 5.24. The maximum Gasteiger partial charge on any atom is 0.0278 e. The second-order valence-corrected chi connectivity index (χ2v) is 2.16. The van der Waals surface area contributed by atoms with Crippen molar-refractivity contribution in [2.24, 2.45) is 0 Å². The quantitative estimate of drug-likeness (QED) is 0.317. The van der Waals surface area contributed by atoms with Gasteiger partial charge in [0, 0.05) is 13.1 Å². The van der Waals surface area contributed by atoms with Crippen LogP contribution in [0.15, 0.2) is 12.7 Å². The Morgan fingerprint density at radius 3 is 2.60 bits per heavy atom. The predicted octanol–water partition coefficient (Wildman–Crippen LogP) is 1.27. The van der Waals surface area contributed by atoms with E-state index >= 15 is 0 Å². The van der Waals surface area contributed by atoms with Gasteiger partial charge in [-0.15, -0.1) is 6.58 Å². The summed E-state index contributed by atoms with van der Waals surface area (Å²) in [6, 6.07) is 0. The summed E-state index contributed by atoms with van der Waals surface area (Å²) in [7, 11) is 0. The highest BCUT2D eigenvalue weighted by molar-refractivity contribution is 4.67. The highest BCUT2D eigenvalue weighted by Crippen LogP contribution is 1.89. The van der Waals surface area contributed by atoms with Crippen molar-refractivity contribution in [1.82, 2.24) is 10.9 Å². The summed E-state index contributed by atoms with van der Waals surface area (Å²) in [5, 5.41) is 0. The fourth-order valence-electron chi connectivity index (χ4n) is 0.623. The van der Waals surface area contributed by atoms with Crippen molar-refractivity contribution in [2.45, 2.75) is 19.3 Å². The number of hydrogen-bond acceptors (Lipinski definition) is 2.